The van der Waals surface area contributed by atoms with E-state index in [1.54, 1.807) is 23.5 Å². The van der Waals surface area contributed by atoms with Crippen molar-refractivity contribution in [3.8, 4) is 17.1 Å². The van der Waals surface area contributed by atoms with Crippen molar-refractivity contribution in [3.63, 3.8) is 0 Å². The molecule has 0 amide bonds. The first kappa shape index (κ1) is 13.8. The standard InChI is InChI=1S/C15H14FN3OS/c1-3-8-7-9-13(17)18-14(19-15(9)21-8)12-10(16)5-4-6-11(12)20-2/h4-7H,3H2,1-2H3,(H2,17,18,19). The number of aromatic nitrogens is 2. The average Bonchev–Trinajstić information content (AvgIpc) is 2.90. The molecule has 0 unspecified atom stereocenters. The molecule has 108 valence electrons. The van der Waals surface area contributed by atoms with Crippen LogP contribution >= 0.6 is 11.3 Å². The molecule has 3 aromatic rings. The van der Waals surface area contributed by atoms with Gasteiger partial charge in [-0.25, -0.2) is 14.4 Å². The van der Waals surface area contributed by atoms with Crippen LogP contribution in [0.5, 0.6) is 5.75 Å². The number of aryl methyl sites for hydroxylation is 1. The molecule has 0 saturated heterocycles. The molecule has 0 atom stereocenters. The van der Waals surface area contributed by atoms with Gasteiger partial charge >= 0.3 is 0 Å². The number of halogens is 1. The molecule has 2 aromatic heterocycles. The second kappa shape index (κ2) is 5.29. The maximum atomic E-state index is 14.1. The van der Waals surface area contributed by atoms with E-state index in [4.69, 9.17) is 10.5 Å². The summed E-state index contributed by atoms with van der Waals surface area (Å²) in [6.07, 6.45) is 0.902. The molecule has 2 heterocycles. The van der Waals surface area contributed by atoms with E-state index in [-0.39, 0.29) is 11.4 Å². The lowest BCUT2D eigenvalue weighted by molar-refractivity contribution is 0.413. The minimum atomic E-state index is -0.430. The van der Waals surface area contributed by atoms with Gasteiger partial charge in [-0.2, -0.15) is 0 Å². The lowest BCUT2D eigenvalue weighted by atomic mass is 10.1. The number of benzene rings is 1. The van der Waals surface area contributed by atoms with Crippen LogP contribution in [0.3, 0.4) is 0 Å². The van der Waals surface area contributed by atoms with E-state index >= 15 is 0 Å². The Bertz CT molecular complexity index is 816. The van der Waals surface area contributed by atoms with Gasteiger partial charge in [-0.1, -0.05) is 13.0 Å². The summed E-state index contributed by atoms with van der Waals surface area (Å²) < 4.78 is 19.3. The van der Waals surface area contributed by atoms with E-state index < -0.39 is 5.82 Å². The van der Waals surface area contributed by atoms with Crippen LogP contribution in [0.15, 0.2) is 24.3 Å². The average molecular weight is 303 g/mol. The Morgan fingerprint density at radius 3 is 2.86 bits per heavy atom. The summed E-state index contributed by atoms with van der Waals surface area (Å²) in [4.78, 5) is 10.6. The van der Waals surface area contributed by atoms with Crippen molar-refractivity contribution in [3.05, 3.63) is 35.0 Å². The lowest BCUT2D eigenvalue weighted by Crippen LogP contribution is -1.99. The van der Waals surface area contributed by atoms with Gasteiger partial charge in [0.2, 0.25) is 0 Å². The first-order chi connectivity index (χ1) is 10.1. The van der Waals surface area contributed by atoms with Crippen LogP contribution in [0.4, 0.5) is 10.2 Å². The molecule has 0 aliphatic heterocycles. The second-order valence-corrected chi connectivity index (χ2v) is 5.65. The van der Waals surface area contributed by atoms with Crippen molar-refractivity contribution in [2.75, 3.05) is 12.8 Å². The number of ether oxygens (including phenoxy) is 1. The normalized spacial score (nSPS) is 11.0. The number of thiophene rings is 1. The largest absolute Gasteiger partial charge is 0.496 e. The molecule has 0 fully saturated rings. The molecular formula is C15H14FN3OS. The zero-order valence-corrected chi connectivity index (χ0v) is 12.5. The highest BCUT2D eigenvalue weighted by Crippen LogP contribution is 2.34. The van der Waals surface area contributed by atoms with Crippen molar-refractivity contribution in [2.24, 2.45) is 0 Å². The van der Waals surface area contributed by atoms with Gasteiger partial charge in [-0.05, 0) is 24.6 Å². The fourth-order valence-corrected chi connectivity index (χ4v) is 3.15. The Kier molecular flexibility index (Phi) is 3.47. The molecule has 21 heavy (non-hydrogen) atoms. The predicted octanol–water partition coefficient (Wildman–Crippen LogP) is 3.65. The van der Waals surface area contributed by atoms with Gasteiger partial charge in [0, 0.05) is 4.88 Å². The highest BCUT2D eigenvalue weighted by molar-refractivity contribution is 7.18. The quantitative estimate of drug-likeness (QED) is 0.802. The molecule has 2 N–H and O–H groups in total. The second-order valence-electron chi connectivity index (χ2n) is 4.53. The van der Waals surface area contributed by atoms with E-state index in [1.807, 2.05) is 6.07 Å². The topological polar surface area (TPSA) is 61.0 Å². The van der Waals surface area contributed by atoms with E-state index in [1.165, 1.54) is 18.1 Å². The van der Waals surface area contributed by atoms with Crippen molar-refractivity contribution >= 4 is 27.4 Å². The van der Waals surface area contributed by atoms with Gasteiger partial charge in [-0.3, -0.25) is 0 Å². The van der Waals surface area contributed by atoms with Crippen molar-refractivity contribution in [1.82, 2.24) is 9.97 Å². The number of nitrogens with two attached hydrogens (primary N) is 1. The van der Waals surface area contributed by atoms with Crippen LogP contribution in [0.25, 0.3) is 21.6 Å². The minimum absolute atomic E-state index is 0.236. The third kappa shape index (κ3) is 2.31. The summed E-state index contributed by atoms with van der Waals surface area (Å²) >= 11 is 1.55. The molecule has 0 aliphatic carbocycles. The maximum Gasteiger partial charge on any atom is 0.169 e. The Morgan fingerprint density at radius 1 is 1.33 bits per heavy atom. The van der Waals surface area contributed by atoms with Crippen molar-refractivity contribution in [2.45, 2.75) is 13.3 Å². The zero-order chi connectivity index (χ0) is 15.0. The lowest BCUT2D eigenvalue weighted by Gasteiger charge is -2.08. The zero-order valence-electron chi connectivity index (χ0n) is 11.7. The smallest absolute Gasteiger partial charge is 0.169 e. The van der Waals surface area contributed by atoms with Gasteiger partial charge in [-0.15, -0.1) is 11.3 Å². The van der Waals surface area contributed by atoms with Gasteiger partial charge in [0.25, 0.3) is 0 Å². The predicted molar refractivity (Wildman–Crippen MR) is 83.2 cm³/mol. The monoisotopic (exact) mass is 303 g/mol. The van der Waals surface area contributed by atoms with Crippen LogP contribution in [0, 0.1) is 5.82 Å². The Balaban J connectivity index is 2.26. The summed E-state index contributed by atoms with van der Waals surface area (Å²) in [7, 11) is 1.49. The van der Waals surface area contributed by atoms with E-state index in [2.05, 4.69) is 16.9 Å². The summed E-state index contributed by atoms with van der Waals surface area (Å²) in [6.45, 7) is 2.06. The summed E-state index contributed by atoms with van der Waals surface area (Å²) in [6, 6.07) is 6.60. The van der Waals surface area contributed by atoms with Gasteiger partial charge < -0.3 is 10.5 Å². The first-order valence-electron chi connectivity index (χ1n) is 6.52. The third-order valence-corrected chi connectivity index (χ3v) is 4.41. The molecule has 6 heteroatoms. The van der Waals surface area contributed by atoms with E-state index in [9.17, 15) is 4.39 Å². The number of anilines is 1. The number of fused-ring (bicyclic) bond motifs is 1. The van der Waals surface area contributed by atoms with Crippen LogP contribution in [0.1, 0.15) is 11.8 Å². The fourth-order valence-electron chi connectivity index (χ4n) is 2.17. The summed E-state index contributed by atoms with van der Waals surface area (Å²) in [5.74, 6) is 0.567. The summed E-state index contributed by atoms with van der Waals surface area (Å²) in [5.41, 5.74) is 6.23. The van der Waals surface area contributed by atoms with Crippen LogP contribution in [-0.2, 0) is 6.42 Å². The van der Waals surface area contributed by atoms with Gasteiger partial charge in [0.1, 0.15) is 22.2 Å². The number of nitrogens with zero attached hydrogens (tertiary/aromatic N) is 2. The Hall–Kier alpha value is -2.21. The molecule has 0 radical (unpaired) electrons. The van der Waals surface area contributed by atoms with Crippen molar-refractivity contribution in [1.29, 1.82) is 0 Å². The summed E-state index contributed by atoms with van der Waals surface area (Å²) in [5, 5.41) is 0.816. The number of hydrogen-bond donors (Lipinski definition) is 1. The van der Waals surface area contributed by atoms with Gasteiger partial charge in [0.05, 0.1) is 18.1 Å². The number of nitrogen functional groups attached to an aromatic ring is 1. The van der Waals surface area contributed by atoms with Crippen LogP contribution in [0.2, 0.25) is 0 Å². The number of hydrogen-bond acceptors (Lipinski definition) is 5. The number of rotatable bonds is 3. The molecule has 4 nitrogen and oxygen atoms in total. The molecular weight excluding hydrogens is 289 g/mol. The Labute approximate surface area is 125 Å². The highest BCUT2D eigenvalue weighted by atomic mass is 32.1. The molecule has 0 bridgehead atoms. The SMILES string of the molecule is CCc1cc2c(N)nc(-c3c(F)cccc3OC)nc2s1. The molecule has 0 spiro atoms. The molecule has 0 aliphatic rings. The van der Waals surface area contributed by atoms with Crippen LogP contribution < -0.4 is 10.5 Å². The molecule has 3 rings (SSSR count). The van der Waals surface area contributed by atoms with E-state index in [0.717, 1.165) is 16.6 Å². The van der Waals surface area contributed by atoms with Crippen LogP contribution in [-0.4, -0.2) is 17.1 Å². The minimum Gasteiger partial charge on any atom is -0.496 e. The molecule has 1 aromatic carbocycles. The molecule has 0 saturated carbocycles. The first-order valence-corrected chi connectivity index (χ1v) is 7.34. The fraction of sp³-hybridized carbons (Fsp3) is 0.200. The highest BCUT2D eigenvalue weighted by Gasteiger charge is 2.17. The number of methoxy groups -OCH3 is 1. The van der Waals surface area contributed by atoms with Crippen molar-refractivity contribution < 1.29 is 9.13 Å². The van der Waals surface area contributed by atoms with Gasteiger partial charge in [0.15, 0.2) is 5.82 Å². The van der Waals surface area contributed by atoms with E-state index in [0.29, 0.717) is 11.6 Å². The maximum absolute atomic E-state index is 14.1. The Morgan fingerprint density at radius 2 is 2.14 bits per heavy atom. The third-order valence-electron chi connectivity index (χ3n) is 3.24.